The molecule has 2 aromatic rings. The second kappa shape index (κ2) is 5.14. The van der Waals surface area contributed by atoms with Gasteiger partial charge in [0.2, 0.25) is 0 Å². The van der Waals surface area contributed by atoms with Gasteiger partial charge >= 0.3 is 0 Å². The van der Waals surface area contributed by atoms with Crippen LogP contribution in [0.3, 0.4) is 0 Å². The van der Waals surface area contributed by atoms with E-state index in [9.17, 15) is 5.11 Å². The molecular weight excluding hydrogens is 216 g/mol. The van der Waals surface area contributed by atoms with Gasteiger partial charge in [-0.3, -0.25) is 0 Å². The molecule has 0 amide bonds. The van der Waals surface area contributed by atoms with Crippen LogP contribution >= 0.6 is 0 Å². The largest absolute Gasteiger partial charge is 0.393 e. The van der Waals surface area contributed by atoms with E-state index in [2.05, 4.69) is 15.4 Å². The van der Waals surface area contributed by atoms with Crippen LogP contribution in [-0.4, -0.2) is 32.4 Å². The van der Waals surface area contributed by atoms with Crippen molar-refractivity contribution in [1.82, 2.24) is 14.6 Å². The SMILES string of the molecule is CCC(O)CCNc1cc(C)cc2ncnn12. The lowest BCUT2D eigenvalue weighted by Gasteiger charge is -2.11. The van der Waals surface area contributed by atoms with Crippen molar-refractivity contribution in [3.8, 4) is 0 Å². The van der Waals surface area contributed by atoms with Gasteiger partial charge < -0.3 is 10.4 Å². The van der Waals surface area contributed by atoms with Crippen molar-refractivity contribution < 1.29 is 5.11 Å². The number of aromatic nitrogens is 3. The number of hydrogen-bond donors (Lipinski definition) is 2. The molecule has 0 radical (unpaired) electrons. The smallest absolute Gasteiger partial charge is 0.157 e. The summed E-state index contributed by atoms with van der Waals surface area (Å²) >= 11 is 0. The summed E-state index contributed by atoms with van der Waals surface area (Å²) in [6, 6.07) is 4.01. The van der Waals surface area contributed by atoms with Gasteiger partial charge in [0.15, 0.2) is 5.65 Å². The molecule has 2 rings (SSSR count). The van der Waals surface area contributed by atoms with Gasteiger partial charge in [0.1, 0.15) is 12.1 Å². The number of hydrogen-bond acceptors (Lipinski definition) is 4. The van der Waals surface area contributed by atoms with Crippen molar-refractivity contribution in [2.24, 2.45) is 0 Å². The molecule has 5 nitrogen and oxygen atoms in total. The first-order valence-corrected chi connectivity index (χ1v) is 5.93. The Morgan fingerprint density at radius 1 is 1.47 bits per heavy atom. The molecule has 0 fully saturated rings. The number of nitrogens with one attached hydrogen (secondary N) is 1. The zero-order valence-electron chi connectivity index (χ0n) is 10.2. The van der Waals surface area contributed by atoms with E-state index in [1.807, 2.05) is 26.0 Å². The third kappa shape index (κ3) is 2.74. The summed E-state index contributed by atoms with van der Waals surface area (Å²) in [6.07, 6.45) is 2.83. The van der Waals surface area contributed by atoms with Crippen molar-refractivity contribution in [3.05, 3.63) is 24.0 Å². The van der Waals surface area contributed by atoms with E-state index in [4.69, 9.17) is 0 Å². The molecule has 92 valence electrons. The third-order valence-corrected chi connectivity index (χ3v) is 2.78. The molecule has 1 unspecified atom stereocenters. The number of aliphatic hydroxyl groups is 1. The topological polar surface area (TPSA) is 62.5 Å². The fraction of sp³-hybridized carbons (Fsp3) is 0.500. The Bertz CT molecular complexity index is 494. The van der Waals surface area contributed by atoms with Gasteiger partial charge in [-0.05, 0) is 37.5 Å². The highest BCUT2D eigenvalue weighted by atomic mass is 16.3. The molecule has 0 spiro atoms. The van der Waals surface area contributed by atoms with Crippen LogP contribution in [0.4, 0.5) is 5.82 Å². The van der Waals surface area contributed by atoms with E-state index in [-0.39, 0.29) is 6.10 Å². The molecule has 1 atom stereocenters. The number of nitrogens with zero attached hydrogens (tertiary/aromatic N) is 3. The summed E-state index contributed by atoms with van der Waals surface area (Å²) in [4.78, 5) is 4.16. The minimum Gasteiger partial charge on any atom is -0.393 e. The number of fused-ring (bicyclic) bond motifs is 1. The molecule has 2 heterocycles. The Balaban J connectivity index is 2.09. The van der Waals surface area contributed by atoms with Gasteiger partial charge in [0, 0.05) is 6.54 Å². The first-order chi connectivity index (χ1) is 8.20. The summed E-state index contributed by atoms with van der Waals surface area (Å²) in [5, 5.41) is 16.9. The third-order valence-electron chi connectivity index (χ3n) is 2.78. The van der Waals surface area contributed by atoms with Crippen LogP contribution in [0.2, 0.25) is 0 Å². The maximum atomic E-state index is 9.49. The maximum absolute atomic E-state index is 9.49. The summed E-state index contributed by atoms with van der Waals surface area (Å²) in [5.41, 5.74) is 1.98. The van der Waals surface area contributed by atoms with Crippen LogP contribution in [0.5, 0.6) is 0 Å². The first-order valence-electron chi connectivity index (χ1n) is 5.93. The summed E-state index contributed by atoms with van der Waals surface area (Å²) in [6.45, 7) is 4.74. The van der Waals surface area contributed by atoms with Crippen molar-refractivity contribution >= 4 is 11.5 Å². The minimum absolute atomic E-state index is 0.237. The molecule has 0 aromatic carbocycles. The molecule has 0 aliphatic carbocycles. The fourth-order valence-electron chi connectivity index (χ4n) is 1.75. The Hall–Kier alpha value is -1.62. The van der Waals surface area contributed by atoms with Crippen molar-refractivity contribution in [1.29, 1.82) is 0 Å². The van der Waals surface area contributed by atoms with Gasteiger partial charge in [0.25, 0.3) is 0 Å². The van der Waals surface area contributed by atoms with Crippen LogP contribution in [-0.2, 0) is 0 Å². The monoisotopic (exact) mass is 234 g/mol. The summed E-state index contributed by atoms with van der Waals surface area (Å²) in [7, 11) is 0. The van der Waals surface area contributed by atoms with E-state index in [0.717, 1.165) is 36.4 Å². The molecule has 0 saturated heterocycles. The number of aryl methyl sites for hydroxylation is 1. The average molecular weight is 234 g/mol. The first kappa shape index (κ1) is 11.9. The lowest BCUT2D eigenvalue weighted by atomic mass is 10.2. The van der Waals surface area contributed by atoms with Gasteiger partial charge in [-0.25, -0.2) is 4.98 Å². The normalized spacial score (nSPS) is 12.9. The molecule has 5 heteroatoms. The quantitative estimate of drug-likeness (QED) is 0.825. The van der Waals surface area contributed by atoms with Gasteiger partial charge in [-0.15, -0.1) is 0 Å². The lowest BCUT2D eigenvalue weighted by molar-refractivity contribution is 0.164. The highest BCUT2D eigenvalue weighted by molar-refractivity contribution is 5.51. The van der Waals surface area contributed by atoms with Crippen molar-refractivity contribution in [2.45, 2.75) is 32.8 Å². The van der Waals surface area contributed by atoms with Crippen molar-refractivity contribution in [3.63, 3.8) is 0 Å². The number of anilines is 1. The molecule has 0 bridgehead atoms. The number of rotatable bonds is 5. The van der Waals surface area contributed by atoms with E-state index in [0.29, 0.717) is 0 Å². The summed E-state index contributed by atoms with van der Waals surface area (Å²) in [5.74, 6) is 0.917. The molecule has 17 heavy (non-hydrogen) atoms. The lowest BCUT2D eigenvalue weighted by Crippen LogP contribution is -2.14. The zero-order valence-corrected chi connectivity index (χ0v) is 10.2. The predicted octanol–water partition coefficient (Wildman–Crippen LogP) is 1.61. The Kier molecular flexibility index (Phi) is 3.58. The molecule has 0 aliphatic heterocycles. The summed E-state index contributed by atoms with van der Waals surface area (Å²) < 4.78 is 1.77. The van der Waals surface area contributed by atoms with E-state index < -0.39 is 0 Å². The molecule has 0 saturated carbocycles. The van der Waals surface area contributed by atoms with Gasteiger partial charge in [0.05, 0.1) is 6.10 Å². The second-order valence-corrected chi connectivity index (χ2v) is 4.23. The fourth-order valence-corrected chi connectivity index (χ4v) is 1.75. The molecular formula is C12H18N4O. The molecule has 0 aliphatic rings. The van der Waals surface area contributed by atoms with Crippen molar-refractivity contribution in [2.75, 3.05) is 11.9 Å². The van der Waals surface area contributed by atoms with Gasteiger partial charge in [-0.1, -0.05) is 6.92 Å². The Labute approximate surface area is 100 Å². The number of aliphatic hydroxyl groups excluding tert-OH is 1. The van der Waals surface area contributed by atoms with E-state index in [1.165, 1.54) is 0 Å². The van der Waals surface area contributed by atoms with E-state index >= 15 is 0 Å². The Morgan fingerprint density at radius 2 is 2.29 bits per heavy atom. The van der Waals surface area contributed by atoms with Crippen LogP contribution in [0.15, 0.2) is 18.5 Å². The Morgan fingerprint density at radius 3 is 3.06 bits per heavy atom. The zero-order chi connectivity index (χ0) is 12.3. The molecule has 2 aromatic heterocycles. The number of pyridine rings is 1. The minimum atomic E-state index is -0.237. The molecule has 2 N–H and O–H groups in total. The van der Waals surface area contributed by atoms with E-state index in [1.54, 1.807) is 10.8 Å². The van der Waals surface area contributed by atoms with Crippen LogP contribution in [0.25, 0.3) is 5.65 Å². The highest BCUT2D eigenvalue weighted by Gasteiger charge is 2.05. The average Bonchev–Trinajstić information content (AvgIpc) is 2.76. The predicted molar refractivity (Wildman–Crippen MR) is 67.1 cm³/mol. The van der Waals surface area contributed by atoms with Crippen LogP contribution in [0, 0.1) is 6.92 Å². The second-order valence-electron chi connectivity index (χ2n) is 4.23. The highest BCUT2D eigenvalue weighted by Crippen LogP contribution is 2.13. The van der Waals surface area contributed by atoms with Crippen LogP contribution < -0.4 is 5.32 Å². The van der Waals surface area contributed by atoms with Crippen LogP contribution in [0.1, 0.15) is 25.3 Å². The maximum Gasteiger partial charge on any atom is 0.157 e. The standard InChI is InChI=1S/C12H18N4O/c1-3-10(17)4-5-13-11-6-9(2)7-12-14-8-15-16(11)12/h6-8,10,13,17H,3-5H2,1-2H3. The van der Waals surface area contributed by atoms with Gasteiger partial charge in [-0.2, -0.15) is 9.61 Å².